The number of aliphatic hydroxyl groups excluding tert-OH is 2. The summed E-state index contributed by atoms with van der Waals surface area (Å²) in [6.45, 7) is 2.25. The van der Waals surface area contributed by atoms with Gasteiger partial charge in [-0.25, -0.2) is 0 Å². The molecule has 1 rings (SSSR count). The highest BCUT2D eigenvalue weighted by Crippen LogP contribution is 2.18. The first-order valence-corrected chi connectivity index (χ1v) is 5.84. The van der Waals surface area contributed by atoms with E-state index >= 15 is 0 Å². The molecule has 0 aromatic heterocycles. The molecule has 1 heterocycles. The lowest BCUT2D eigenvalue weighted by Gasteiger charge is -2.28. The average molecular weight is 201 g/mol. The van der Waals surface area contributed by atoms with Crippen LogP contribution in [0.5, 0.6) is 0 Å². The number of hydrogen-bond acceptors (Lipinski definition) is 3. The molecule has 1 aliphatic heterocycles. The molecule has 0 radical (unpaired) electrons. The SMILES string of the molecule is OCCCCCCC1CNCCC1O. The topological polar surface area (TPSA) is 52.5 Å². The Bertz CT molecular complexity index is 141. The van der Waals surface area contributed by atoms with E-state index in [1.807, 2.05) is 0 Å². The number of rotatable bonds is 6. The molecule has 0 aliphatic carbocycles. The van der Waals surface area contributed by atoms with Gasteiger partial charge in [-0.15, -0.1) is 0 Å². The van der Waals surface area contributed by atoms with Crippen molar-refractivity contribution in [2.75, 3.05) is 19.7 Å². The highest BCUT2D eigenvalue weighted by molar-refractivity contribution is 4.76. The molecule has 1 saturated heterocycles. The highest BCUT2D eigenvalue weighted by atomic mass is 16.3. The summed E-state index contributed by atoms with van der Waals surface area (Å²) in [5.74, 6) is 0.456. The van der Waals surface area contributed by atoms with E-state index in [1.165, 1.54) is 12.8 Å². The largest absolute Gasteiger partial charge is 0.396 e. The fourth-order valence-electron chi connectivity index (χ4n) is 2.08. The molecular weight excluding hydrogens is 178 g/mol. The molecule has 0 aromatic carbocycles. The predicted molar refractivity (Wildman–Crippen MR) is 57.2 cm³/mol. The van der Waals surface area contributed by atoms with Gasteiger partial charge in [-0.1, -0.05) is 19.3 Å². The molecule has 14 heavy (non-hydrogen) atoms. The minimum atomic E-state index is -0.0888. The summed E-state index contributed by atoms with van der Waals surface area (Å²) < 4.78 is 0. The zero-order chi connectivity index (χ0) is 10.2. The molecular formula is C11H23NO2. The smallest absolute Gasteiger partial charge is 0.0592 e. The number of piperidine rings is 1. The van der Waals surface area contributed by atoms with Gasteiger partial charge in [-0.2, -0.15) is 0 Å². The van der Waals surface area contributed by atoms with Crippen molar-refractivity contribution in [3.63, 3.8) is 0 Å². The van der Waals surface area contributed by atoms with E-state index in [2.05, 4.69) is 5.32 Å². The molecule has 3 N–H and O–H groups in total. The van der Waals surface area contributed by atoms with E-state index < -0.39 is 0 Å². The Morgan fingerprint density at radius 3 is 2.64 bits per heavy atom. The van der Waals surface area contributed by atoms with Crippen LogP contribution in [0.15, 0.2) is 0 Å². The summed E-state index contributed by atoms with van der Waals surface area (Å²) in [4.78, 5) is 0. The summed E-state index contributed by atoms with van der Waals surface area (Å²) in [6.07, 6.45) is 6.35. The van der Waals surface area contributed by atoms with Crippen molar-refractivity contribution in [1.82, 2.24) is 5.32 Å². The first kappa shape index (κ1) is 12.0. The summed E-state index contributed by atoms with van der Waals surface area (Å²) in [5, 5.41) is 21.6. The second-order valence-corrected chi connectivity index (χ2v) is 4.25. The fourth-order valence-corrected chi connectivity index (χ4v) is 2.08. The van der Waals surface area contributed by atoms with Gasteiger partial charge < -0.3 is 15.5 Å². The van der Waals surface area contributed by atoms with E-state index in [4.69, 9.17) is 5.11 Å². The standard InChI is InChI=1S/C11H23NO2/c13-8-4-2-1-3-5-10-9-12-7-6-11(10)14/h10-14H,1-9H2. The third kappa shape index (κ3) is 4.40. The van der Waals surface area contributed by atoms with E-state index in [-0.39, 0.29) is 6.10 Å². The fraction of sp³-hybridized carbons (Fsp3) is 1.00. The number of unbranched alkanes of at least 4 members (excludes halogenated alkanes) is 3. The zero-order valence-electron chi connectivity index (χ0n) is 8.91. The molecule has 2 atom stereocenters. The van der Waals surface area contributed by atoms with Crippen LogP contribution in [0.3, 0.4) is 0 Å². The van der Waals surface area contributed by atoms with Gasteiger partial charge in [0.25, 0.3) is 0 Å². The number of nitrogens with one attached hydrogen (secondary N) is 1. The Hall–Kier alpha value is -0.120. The molecule has 0 spiro atoms. The maximum atomic E-state index is 9.69. The van der Waals surface area contributed by atoms with Crippen molar-refractivity contribution in [2.24, 2.45) is 5.92 Å². The van der Waals surface area contributed by atoms with E-state index in [9.17, 15) is 5.11 Å². The monoisotopic (exact) mass is 201 g/mol. The minimum Gasteiger partial charge on any atom is -0.396 e. The average Bonchev–Trinajstić information content (AvgIpc) is 2.20. The van der Waals surface area contributed by atoms with E-state index in [0.717, 1.165) is 38.8 Å². The van der Waals surface area contributed by atoms with Crippen LogP contribution in [0.4, 0.5) is 0 Å². The van der Waals surface area contributed by atoms with Crippen molar-refractivity contribution in [3.05, 3.63) is 0 Å². The second-order valence-electron chi connectivity index (χ2n) is 4.25. The lowest BCUT2D eigenvalue weighted by molar-refractivity contribution is 0.0730. The molecule has 1 fully saturated rings. The Morgan fingerprint density at radius 1 is 1.14 bits per heavy atom. The Labute approximate surface area is 86.5 Å². The lowest BCUT2D eigenvalue weighted by Crippen LogP contribution is -2.39. The van der Waals surface area contributed by atoms with Crippen LogP contribution in [-0.4, -0.2) is 36.0 Å². The second kappa shape index (κ2) is 7.21. The molecule has 3 nitrogen and oxygen atoms in total. The molecule has 3 heteroatoms. The van der Waals surface area contributed by atoms with Crippen molar-refractivity contribution in [3.8, 4) is 0 Å². The highest BCUT2D eigenvalue weighted by Gasteiger charge is 2.21. The molecule has 1 aliphatic rings. The first-order chi connectivity index (χ1) is 6.84. The predicted octanol–water partition coefficient (Wildman–Crippen LogP) is 0.900. The van der Waals surface area contributed by atoms with Gasteiger partial charge in [-0.05, 0) is 31.7 Å². The third-order valence-electron chi connectivity index (χ3n) is 3.05. The minimum absolute atomic E-state index is 0.0888. The van der Waals surface area contributed by atoms with Crippen molar-refractivity contribution >= 4 is 0 Å². The molecule has 0 amide bonds. The van der Waals surface area contributed by atoms with Crippen LogP contribution in [0.2, 0.25) is 0 Å². The first-order valence-electron chi connectivity index (χ1n) is 5.84. The van der Waals surface area contributed by atoms with Gasteiger partial charge in [0, 0.05) is 13.2 Å². The van der Waals surface area contributed by atoms with Crippen LogP contribution >= 0.6 is 0 Å². The Morgan fingerprint density at radius 2 is 1.93 bits per heavy atom. The van der Waals surface area contributed by atoms with E-state index in [1.54, 1.807) is 0 Å². The normalized spacial score (nSPS) is 27.9. The lowest BCUT2D eigenvalue weighted by atomic mass is 9.91. The Kier molecular flexibility index (Phi) is 6.15. The third-order valence-corrected chi connectivity index (χ3v) is 3.05. The summed E-state index contributed by atoms with van der Waals surface area (Å²) >= 11 is 0. The van der Waals surface area contributed by atoms with Crippen LogP contribution in [0.25, 0.3) is 0 Å². The van der Waals surface area contributed by atoms with Gasteiger partial charge in [0.1, 0.15) is 0 Å². The molecule has 84 valence electrons. The summed E-state index contributed by atoms with van der Waals surface area (Å²) in [5.41, 5.74) is 0. The van der Waals surface area contributed by atoms with Crippen molar-refractivity contribution in [1.29, 1.82) is 0 Å². The van der Waals surface area contributed by atoms with Crippen LogP contribution < -0.4 is 5.32 Å². The van der Waals surface area contributed by atoms with E-state index in [0.29, 0.717) is 12.5 Å². The summed E-state index contributed by atoms with van der Waals surface area (Å²) in [7, 11) is 0. The van der Waals surface area contributed by atoms with Crippen LogP contribution in [-0.2, 0) is 0 Å². The molecule has 0 aromatic rings. The van der Waals surface area contributed by atoms with Gasteiger partial charge in [-0.3, -0.25) is 0 Å². The van der Waals surface area contributed by atoms with Crippen molar-refractivity contribution < 1.29 is 10.2 Å². The Balaban J connectivity index is 1.99. The van der Waals surface area contributed by atoms with Crippen LogP contribution in [0.1, 0.15) is 38.5 Å². The van der Waals surface area contributed by atoms with Gasteiger partial charge in [0.05, 0.1) is 6.10 Å². The zero-order valence-corrected chi connectivity index (χ0v) is 8.91. The maximum Gasteiger partial charge on any atom is 0.0592 e. The summed E-state index contributed by atoms with van der Waals surface area (Å²) in [6, 6.07) is 0. The van der Waals surface area contributed by atoms with Crippen LogP contribution in [0, 0.1) is 5.92 Å². The number of hydrogen-bond donors (Lipinski definition) is 3. The maximum absolute atomic E-state index is 9.69. The van der Waals surface area contributed by atoms with Gasteiger partial charge in [0.2, 0.25) is 0 Å². The quantitative estimate of drug-likeness (QED) is 0.560. The molecule has 0 saturated carbocycles. The number of aliphatic hydroxyl groups is 2. The van der Waals surface area contributed by atoms with Gasteiger partial charge >= 0.3 is 0 Å². The molecule has 2 unspecified atom stereocenters. The van der Waals surface area contributed by atoms with Gasteiger partial charge in [0.15, 0.2) is 0 Å². The van der Waals surface area contributed by atoms with Crippen molar-refractivity contribution in [2.45, 2.75) is 44.6 Å². The molecule has 0 bridgehead atoms.